The lowest BCUT2D eigenvalue weighted by Crippen LogP contribution is -2.13. The minimum Gasteiger partial charge on any atom is -0.166 e. The first-order valence-electron chi connectivity index (χ1n) is 4.92. The van der Waals surface area contributed by atoms with E-state index < -0.39 is 11.7 Å². The molecule has 0 aliphatic carbocycles. The van der Waals surface area contributed by atoms with E-state index >= 15 is 0 Å². The highest BCUT2D eigenvalue weighted by Gasteiger charge is 2.35. The number of hydrogen-bond acceptors (Lipinski definition) is 0. The standard InChI is InChI=1S/C12H15F3/c1-7(2)10-6-5-8(3)9(4)11(10)12(13,14)15/h5-7H,1-4H3. The van der Waals surface area contributed by atoms with Gasteiger partial charge in [-0.05, 0) is 36.5 Å². The topological polar surface area (TPSA) is 0 Å². The molecule has 0 heterocycles. The molecule has 0 atom stereocenters. The summed E-state index contributed by atoms with van der Waals surface area (Å²) >= 11 is 0. The van der Waals surface area contributed by atoms with Gasteiger partial charge in [-0.1, -0.05) is 26.0 Å². The molecular weight excluding hydrogens is 201 g/mol. The molecule has 1 aromatic rings. The van der Waals surface area contributed by atoms with E-state index in [-0.39, 0.29) is 5.92 Å². The normalized spacial score (nSPS) is 12.3. The highest BCUT2D eigenvalue weighted by Crippen LogP contribution is 2.38. The number of aryl methyl sites for hydroxylation is 1. The molecule has 0 bridgehead atoms. The number of hydrogen-bond donors (Lipinski definition) is 0. The summed E-state index contributed by atoms with van der Waals surface area (Å²) in [5.74, 6) is -0.110. The van der Waals surface area contributed by atoms with Crippen molar-refractivity contribution in [3.05, 3.63) is 34.4 Å². The van der Waals surface area contributed by atoms with E-state index in [0.717, 1.165) is 0 Å². The van der Waals surface area contributed by atoms with Crippen molar-refractivity contribution < 1.29 is 13.2 Å². The highest BCUT2D eigenvalue weighted by molar-refractivity contribution is 5.43. The van der Waals surface area contributed by atoms with Crippen LogP contribution in [0.25, 0.3) is 0 Å². The van der Waals surface area contributed by atoms with Gasteiger partial charge in [0.1, 0.15) is 0 Å². The van der Waals surface area contributed by atoms with Gasteiger partial charge in [0.15, 0.2) is 0 Å². The van der Waals surface area contributed by atoms with Crippen LogP contribution in [0.2, 0.25) is 0 Å². The number of alkyl halides is 3. The fourth-order valence-electron chi connectivity index (χ4n) is 1.69. The van der Waals surface area contributed by atoms with Crippen LogP contribution in [0, 0.1) is 13.8 Å². The van der Waals surface area contributed by atoms with Gasteiger partial charge >= 0.3 is 6.18 Å². The lowest BCUT2D eigenvalue weighted by atomic mass is 9.91. The smallest absolute Gasteiger partial charge is 0.166 e. The van der Waals surface area contributed by atoms with Crippen molar-refractivity contribution in [3.63, 3.8) is 0 Å². The Morgan fingerprint density at radius 3 is 2.00 bits per heavy atom. The van der Waals surface area contributed by atoms with Crippen LogP contribution in [0.4, 0.5) is 13.2 Å². The molecule has 0 saturated carbocycles. The monoisotopic (exact) mass is 216 g/mol. The minimum absolute atomic E-state index is 0.110. The number of rotatable bonds is 1. The molecule has 0 amide bonds. The van der Waals surface area contributed by atoms with Gasteiger partial charge in [-0.3, -0.25) is 0 Å². The second kappa shape index (κ2) is 3.87. The first-order valence-corrected chi connectivity index (χ1v) is 4.92. The quantitative estimate of drug-likeness (QED) is 0.650. The maximum absolute atomic E-state index is 12.8. The fraction of sp³-hybridized carbons (Fsp3) is 0.500. The zero-order chi connectivity index (χ0) is 11.8. The summed E-state index contributed by atoms with van der Waals surface area (Å²) in [4.78, 5) is 0. The van der Waals surface area contributed by atoms with Crippen LogP contribution in [0.3, 0.4) is 0 Å². The Bertz CT molecular complexity index is 362. The van der Waals surface area contributed by atoms with E-state index in [1.165, 1.54) is 6.92 Å². The van der Waals surface area contributed by atoms with Crippen molar-refractivity contribution in [2.24, 2.45) is 0 Å². The van der Waals surface area contributed by atoms with Crippen molar-refractivity contribution in [2.45, 2.75) is 39.8 Å². The molecule has 0 aromatic heterocycles. The lowest BCUT2D eigenvalue weighted by Gasteiger charge is -2.19. The van der Waals surface area contributed by atoms with Crippen LogP contribution in [0.15, 0.2) is 12.1 Å². The maximum Gasteiger partial charge on any atom is 0.416 e. The summed E-state index contributed by atoms with van der Waals surface area (Å²) < 4.78 is 38.5. The summed E-state index contributed by atoms with van der Waals surface area (Å²) in [6.45, 7) is 6.79. The average Bonchev–Trinajstić information content (AvgIpc) is 2.06. The van der Waals surface area contributed by atoms with E-state index in [4.69, 9.17) is 0 Å². The summed E-state index contributed by atoms with van der Waals surface area (Å²) in [5.41, 5.74) is 0.948. The molecule has 84 valence electrons. The summed E-state index contributed by atoms with van der Waals surface area (Å²) in [5, 5.41) is 0. The van der Waals surface area contributed by atoms with E-state index in [1.54, 1.807) is 32.9 Å². The molecule has 0 aliphatic rings. The first kappa shape index (κ1) is 12.1. The van der Waals surface area contributed by atoms with Crippen molar-refractivity contribution in [2.75, 3.05) is 0 Å². The zero-order valence-corrected chi connectivity index (χ0v) is 9.37. The second-order valence-electron chi connectivity index (χ2n) is 4.12. The van der Waals surface area contributed by atoms with Gasteiger partial charge in [-0.25, -0.2) is 0 Å². The molecule has 0 nitrogen and oxygen atoms in total. The Labute approximate surface area is 88.1 Å². The number of halogens is 3. The van der Waals surface area contributed by atoms with Gasteiger partial charge in [0.25, 0.3) is 0 Å². The highest BCUT2D eigenvalue weighted by atomic mass is 19.4. The van der Waals surface area contributed by atoms with E-state index in [1.807, 2.05) is 0 Å². The van der Waals surface area contributed by atoms with Crippen LogP contribution in [-0.4, -0.2) is 0 Å². The van der Waals surface area contributed by atoms with Gasteiger partial charge in [0.05, 0.1) is 5.56 Å². The van der Waals surface area contributed by atoms with Crippen molar-refractivity contribution in [1.82, 2.24) is 0 Å². The van der Waals surface area contributed by atoms with E-state index in [9.17, 15) is 13.2 Å². The van der Waals surface area contributed by atoms with Gasteiger partial charge < -0.3 is 0 Å². The Balaban J connectivity index is 3.49. The molecule has 0 radical (unpaired) electrons. The second-order valence-corrected chi connectivity index (χ2v) is 4.12. The van der Waals surface area contributed by atoms with Crippen LogP contribution in [0.5, 0.6) is 0 Å². The molecule has 0 saturated heterocycles. The third kappa shape index (κ3) is 2.33. The Morgan fingerprint density at radius 2 is 1.60 bits per heavy atom. The number of benzene rings is 1. The van der Waals surface area contributed by atoms with Gasteiger partial charge in [-0.15, -0.1) is 0 Å². The molecule has 0 unspecified atom stereocenters. The summed E-state index contributed by atoms with van der Waals surface area (Å²) in [6.07, 6.45) is -4.25. The van der Waals surface area contributed by atoms with Crippen molar-refractivity contribution >= 4 is 0 Å². The Hall–Kier alpha value is -0.990. The molecular formula is C12H15F3. The minimum atomic E-state index is -4.25. The molecule has 0 N–H and O–H groups in total. The van der Waals surface area contributed by atoms with Gasteiger partial charge in [-0.2, -0.15) is 13.2 Å². The third-order valence-corrected chi connectivity index (χ3v) is 2.67. The third-order valence-electron chi connectivity index (χ3n) is 2.67. The van der Waals surface area contributed by atoms with E-state index in [0.29, 0.717) is 16.7 Å². The van der Waals surface area contributed by atoms with E-state index in [2.05, 4.69) is 0 Å². The van der Waals surface area contributed by atoms with Crippen molar-refractivity contribution in [3.8, 4) is 0 Å². The molecule has 0 spiro atoms. The van der Waals surface area contributed by atoms with Crippen molar-refractivity contribution in [1.29, 1.82) is 0 Å². The molecule has 1 aromatic carbocycles. The van der Waals surface area contributed by atoms with Crippen LogP contribution in [0.1, 0.15) is 42.0 Å². The first-order chi connectivity index (χ1) is 6.75. The SMILES string of the molecule is Cc1ccc(C(C)C)c(C(F)(F)F)c1C. The zero-order valence-electron chi connectivity index (χ0n) is 9.37. The molecule has 0 fully saturated rings. The largest absolute Gasteiger partial charge is 0.416 e. The molecule has 3 heteroatoms. The van der Waals surface area contributed by atoms with Crippen LogP contribution < -0.4 is 0 Å². The molecule has 0 aliphatic heterocycles. The average molecular weight is 216 g/mol. The predicted molar refractivity (Wildman–Crippen MR) is 55.0 cm³/mol. The Kier molecular flexibility index (Phi) is 3.12. The molecule has 1 rings (SSSR count). The van der Waals surface area contributed by atoms with Crippen LogP contribution in [-0.2, 0) is 6.18 Å². The summed E-state index contributed by atoms with van der Waals surface area (Å²) in [7, 11) is 0. The lowest BCUT2D eigenvalue weighted by molar-refractivity contribution is -0.138. The maximum atomic E-state index is 12.8. The fourth-order valence-corrected chi connectivity index (χ4v) is 1.69. The van der Waals surface area contributed by atoms with Gasteiger partial charge in [0, 0.05) is 0 Å². The predicted octanol–water partition coefficient (Wildman–Crippen LogP) is 4.45. The van der Waals surface area contributed by atoms with Gasteiger partial charge in [0.2, 0.25) is 0 Å². The molecule has 15 heavy (non-hydrogen) atoms. The Morgan fingerprint density at radius 1 is 1.07 bits per heavy atom. The van der Waals surface area contributed by atoms with Crippen LogP contribution >= 0.6 is 0 Å². The summed E-state index contributed by atoms with van der Waals surface area (Å²) in [6, 6.07) is 3.33.